The molecule has 6 heteroatoms. The van der Waals surface area contributed by atoms with E-state index in [9.17, 15) is 18.0 Å². The van der Waals surface area contributed by atoms with Gasteiger partial charge in [0.2, 0.25) is 5.91 Å². The molecule has 0 aliphatic carbocycles. The van der Waals surface area contributed by atoms with Crippen molar-refractivity contribution < 1.29 is 18.0 Å². The predicted molar refractivity (Wildman–Crippen MR) is 56.0 cm³/mol. The maximum Gasteiger partial charge on any atom is 0.244 e. The number of hydrogen-bond acceptors (Lipinski definition) is 2. The summed E-state index contributed by atoms with van der Waals surface area (Å²) in [6, 6.07) is 0.670. The van der Waals surface area contributed by atoms with Crippen molar-refractivity contribution in [3.63, 3.8) is 0 Å². The van der Waals surface area contributed by atoms with E-state index in [1.54, 1.807) is 7.05 Å². The van der Waals surface area contributed by atoms with Gasteiger partial charge in [0, 0.05) is 25.7 Å². The van der Waals surface area contributed by atoms with Crippen LogP contribution in [0.15, 0.2) is 12.1 Å². The van der Waals surface area contributed by atoms with Crippen LogP contribution in [0.25, 0.3) is 0 Å². The van der Waals surface area contributed by atoms with Gasteiger partial charge >= 0.3 is 0 Å². The highest BCUT2D eigenvalue weighted by atomic mass is 19.2. The lowest BCUT2D eigenvalue weighted by Gasteiger charge is -2.14. The SMILES string of the molecule is CN1CCC(Nc2cc(F)cc(F)c2F)C1=O. The summed E-state index contributed by atoms with van der Waals surface area (Å²) in [5, 5.41) is 2.52. The van der Waals surface area contributed by atoms with E-state index < -0.39 is 23.5 Å². The molecule has 1 aromatic rings. The minimum Gasteiger partial charge on any atom is -0.371 e. The highest BCUT2D eigenvalue weighted by molar-refractivity contribution is 5.86. The Morgan fingerprint density at radius 3 is 2.65 bits per heavy atom. The number of rotatable bonds is 2. The third-order valence-electron chi connectivity index (χ3n) is 2.75. The van der Waals surface area contributed by atoms with Gasteiger partial charge in [-0.2, -0.15) is 0 Å². The van der Waals surface area contributed by atoms with E-state index >= 15 is 0 Å². The first-order chi connectivity index (χ1) is 7.99. The smallest absolute Gasteiger partial charge is 0.244 e. The Morgan fingerprint density at radius 2 is 2.06 bits per heavy atom. The molecular formula is C11H11F3N2O. The molecule has 0 saturated carbocycles. The summed E-state index contributed by atoms with van der Waals surface area (Å²) in [6.07, 6.45) is 0.479. The first-order valence-corrected chi connectivity index (χ1v) is 5.15. The number of amides is 1. The molecule has 3 nitrogen and oxygen atoms in total. The minimum atomic E-state index is -1.27. The molecule has 0 spiro atoms. The number of nitrogens with one attached hydrogen (secondary N) is 1. The second-order valence-corrected chi connectivity index (χ2v) is 3.99. The number of benzene rings is 1. The second kappa shape index (κ2) is 4.27. The van der Waals surface area contributed by atoms with E-state index in [2.05, 4.69) is 5.32 Å². The predicted octanol–water partition coefficient (Wildman–Crippen LogP) is 1.75. The summed E-state index contributed by atoms with van der Waals surface area (Å²) in [4.78, 5) is 13.0. The minimum absolute atomic E-state index is 0.214. The van der Waals surface area contributed by atoms with Crippen LogP contribution < -0.4 is 5.32 Å². The van der Waals surface area contributed by atoms with E-state index in [4.69, 9.17) is 0 Å². The summed E-state index contributed by atoms with van der Waals surface area (Å²) in [7, 11) is 1.62. The summed E-state index contributed by atoms with van der Waals surface area (Å²) >= 11 is 0. The molecule has 2 rings (SSSR count). The zero-order valence-electron chi connectivity index (χ0n) is 9.14. The molecule has 1 saturated heterocycles. The van der Waals surface area contributed by atoms with E-state index in [1.165, 1.54) is 4.90 Å². The molecule has 0 bridgehead atoms. The van der Waals surface area contributed by atoms with E-state index in [1.807, 2.05) is 0 Å². The lowest BCUT2D eigenvalue weighted by Crippen LogP contribution is -2.31. The quantitative estimate of drug-likeness (QED) is 0.804. The number of carbonyl (C=O) groups is 1. The van der Waals surface area contributed by atoms with Gasteiger partial charge in [0.15, 0.2) is 11.6 Å². The average molecular weight is 244 g/mol. The van der Waals surface area contributed by atoms with Crippen LogP contribution >= 0.6 is 0 Å². The van der Waals surface area contributed by atoms with Crippen molar-refractivity contribution in [1.29, 1.82) is 0 Å². The van der Waals surface area contributed by atoms with Gasteiger partial charge < -0.3 is 10.2 Å². The standard InChI is InChI=1S/C11H11F3N2O/c1-16-3-2-8(11(16)17)15-9-5-6(12)4-7(13)10(9)14/h4-5,8,15H,2-3H2,1H3. The van der Waals surface area contributed by atoms with Gasteiger partial charge in [-0.1, -0.05) is 0 Å². The van der Waals surface area contributed by atoms with Crippen molar-refractivity contribution in [1.82, 2.24) is 4.90 Å². The number of likely N-dealkylation sites (N-methyl/N-ethyl adjacent to an activating group) is 1. The van der Waals surface area contributed by atoms with Gasteiger partial charge in [0.05, 0.1) is 5.69 Å². The van der Waals surface area contributed by atoms with Crippen LogP contribution in [0.4, 0.5) is 18.9 Å². The van der Waals surface area contributed by atoms with Crippen LogP contribution in [0.5, 0.6) is 0 Å². The molecule has 1 aromatic carbocycles. The van der Waals surface area contributed by atoms with Crippen LogP contribution in [0, 0.1) is 17.5 Å². The van der Waals surface area contributed by atoms with E-state index in [-0.39, 0.29) is 11.6 Å². The number of carbonyl (C=O) groups excluding carboxylic acids is 1. The average Bonchev–Trinajstić information content (AvgIpc) is 2.57. The summed E-state index contributed by atoms with van der Waals surface area (Å²) in [5.41, 5.74) is -0.323. The van der Waals surface area contributed by atoms with Crippen molar-refractivity contribution >= 4 is 11.6 Å². The normalized spacial score (nSPS) is 19.9. The largest absolute Gasteiger partial charge is 0.371 e. The summed E-state index contributed by atoms with van der Waals surface area (Å²) in [6.45, 7) is 0.538. The molecule has 1 N–H and O–H groups in total. The van der Waals surface area contributed by atoms with Crippen LogP contribution in [0.1, 0.15) is 6.42 Å². The number of halogens is 3. The number of nitrogens with zero attached hydrogens (tertiary/aromatic N) is 1. The zero-order chi connectivity index (χ0) is 12.6. The second-order valence-electron chi connectivity index (χ2n) is 3.99. The molecule has 1 amide bonds. The maximum atomic E-state index is 13.3. The topological polar surface area (TPSA) is 32.3 Å². The highest BCUT2D eigenvalue weighted by Crippen LogP contribution is 2.22. The number of hydrogen-bond donors (Lipinski definition) is 1. The van der Waals surface area contributed by atoms with Crippen molar-refractivity contribution in [2.45, 2.75) is 12.5 Å². The Labute approximate surface area is 96.2 Å². The Balaban J connectivity index is 2.22. The van der Waals surface area contributed by atoms with Gasteiger partial charge in [0.25, 0.3) is 0 Å². The third-order valence-corrected chi connectivity index (χ3v) is 2.75. The fraction of sp³-hybridized carbons (Fsp3) is 0.364. The van der Waals surface area contributed by atoms with Gasteiger partial charge in [0.1, 0.15) is 11.9 Å². The maximum absolute atomic E-state index is 13.3. The third kappa shape index (κ3) is 2.20. The summed E-state index contributed by atoms with van der Waals surface area (Å²) < 4.78 is 39.2. The fourth-order valence-electron chi connectivity index (χ4n) is 1.81. The molecule has 1 heterocycles. The molecule has 0 aromatic heterocycles. The molecule has 1 aliphatic rings. The highest BCUT2D eigenvalue weighted by Gasteiger charge is 2.29. The van der Waals surface area contributed by atoms with Crippen LogP contribution in [-0.2, 0) is 4.79 Å². The fourth-order valence-corrected chi connectivity index (χ4v) is 1.81. The Kier molecular flexibility index (Phi) is 2.95. The molecule has 1 aliphatic heterocycles. The van der Waals surface area contributed by atoms with Gasteiger partial charge in [-0.05, 0) is 6.42 Å². The van der Waals surface area contributed by atoms with Crippen LogP contribution in [0.3, 0.4) is 0 Å². The van der Waals surface area contributed by atoms with E-state index in [0.717, 1.165) is 6.07 Å². The Hall–Kier alpha value is -1.72. The molecule has 17 heavy (non-hydrogen) atoms. The summed E-state index contributed by atoms with van der Waals surface area (Å²) in [5.74, 6) is -3.54. The van der Waals surface area contributed by atoms with Crippen LogP contribution in [0.2, 0.25) is 0 Å². The molecule has 1 fully saturated rings. The van der Waals surface area contributed by atoms with Crippen molar-refractivity contribution in [3.05, 3.63) is 29.6 Å². The lowest BCUT2D eigenvalue weighted by molar-refractivity contribution is -0.127. The zero-order valence-corrected chi connectivity index (χ0v) is 9.14. The van der Waals surface area contributed by atoms with Crippen LogP contribution in [-0.4, -0.2) is 30.4 Å². The first-order valence-electron chi connectivity index (χ1n) is 5.15. The van der Waals surface area contributed by atoms with Crippen molar-refractivity contribution in [2.75, 3.05) is 18.9 Å². The first kappa shape index (κ1) is 11.8. The molecule has 0 radical (unpaired) electrons. The van der Waals surface area contributed by atoms with Gasteiger partial charge in [-0.15, -0.1) is 0 Å². The number of anilines is 1. The van der Waals surface area contributed by atoms with E-state index in [0.29, 0.717) is 19.0 Å². The van der Waals surface area contributed by atoms with Gasteiger partial charge in [-0.25, -0.2) is 13.2 Å². The van der Waals surface area contributed by atoms with Crippen molar-refractivity contribution in [3.8, 4) is 0 Å². The monoisotopic (exact) mass is 244 g/mol. The number of likely N-dealkylation sites (tertiary alicyclic amines) is 1. The lowest BCUT2D eigenvalue weighted by atomic mass is 10.2. The molecule has 1 unspecified atom stereocenters. The molecule has 92 valence electrons. The Bertz CT molecular complexity index is 464. The molecule has 1 atom stereocenters. The molecular weight excluding hydrogens is 233 g/mol. The van der Waals surface area contributed by atoms with Gasteiger partial charge in [-0.3, -0.25) is 4.79 Å². The van der Waals surface area contributed by atoms with Crippen molar-refractivity contribution in [2.24, 2.45) is 0 Å². The Morgan fingerprint density at radius 1 is 1.35 bits per heavy atom.